The Balaban J connectivity index is 0.00000385. The van der Waals surface area contributed by atoms with E-state index in [9.17, 15) is 9.59 Å². The van der Waals surface area contributed by atoms with Crippen molar-refractivity contribution in [3.05, 3.63) is 70.8 Å². The minimum atomic E-state index is -0.0242. The van der Waals surface area contributed by atoms with E-state index < -0.39 is 0 Å². The number of nitrogens with zero attached hydrogens (tertiary/aromatic N) is 3. The van der Waals surface area contributed by atoms with Gasteiger partial charge in [0.25, 0.3) is 5.91 Å². The molecule has 2 amide bonds. The summed E-state index contributed by atoms with van der Waals surface area (Å²) in [5.41, 5.74) is 4.42. The monoisotopic (exact) mass is 563 g/mol. The normalized spacial score (nSPS) is 15.0. The minimum Gasteiger partial charge on any atom is -0.353 e. The number of hydrogen-bond acceptors (Lipinski definition) is 3. The van der Waals surface area contributed by atoms with Crippen LogP contribution in [0.1, 0.15) is 33.5 Å². The van der Waals surface area contributed by atoms with Crippen LogP contribution in [-0.2, 0) is 24.2 Å². The van der Waals surface area contributed by atoms with Gasteiger partial charge in [-0.05, 0) is 48.1 Å². The summed E-state index contributed by atoms with van der Waals surface area (Å²) in [5.74, 6) is 0.585. The number of benzene rings is 2. The van der Waals surface area contributed by atoms with E-state index in [0.29, 0.717) is 18.1 Å². The molecule has 178 valence electrons. The van der Waals surface area contributed by atoms with Gasteiger partial charge in [-0.1, -0.05) is 36.4 Å². The first-order valence-electron chi connectivity index (χ1n) is 11.0. The van der Waals surface area contributed by atoms with Gasteiger partial charge in [-0.3, -0.25) is 9.59 Å². The molecule has 1 unspecified atom stereocenters. The number of hydrogen-bond donors (Lipinski definition) is 2. The Labute approximate surface area is 213 Å². The number of amides is 2. The third kappa shape index (κ3) is 7.73. The lowest BCUT2D eigenvalue weighted by Gasteiger charge is -2.27. The molecule has 0 bridgehead atoms. The van der Waals surface area contributed by atoms with Gasteiger partial charge in [-0.25, -0.2) is 4.99 Å². The highest BCUT2D eigenvalue weighted by Crippen LogP contribution is 2.21. The highest BCUT2D eigenvalue weighted by atomic mass is 127. The number of guanidine groups is 1. The molecular weight excluding hydrogens is 529 g/mol. The van der Waals surface area contributed by atoms with Crippen LogP contribution in [0.4, 0.5) is 0 Å². The Kier molecular flexibility index (Phi) is 10.1. The number of fused-ring (bicyclic) bond motifs is 1. The molecular formula is C25H34IN5O2. The number of rotatable bonds is 6. The lowest BCUT2D eigenvalue weighted by atomic mass is 9.88. The van der Waals surface area contributed by atoms with Crippen molar-refractivity contribution in [1.82, 2.24) is 20.4 Å². The second kappa shape index (κ2) is 12.6. The molecule has 0 saturated heterocycles. The summed E-state index contributed by atoms with van der Waals surface area (Å²) in [6.45, 7) is 0.629. The van der Waals surface area contributed by atoms with Crippen molar-refractivity contribution in [2.75, 3.05) is 34.7 Å². The first kappa shape index (κ1) is 26.6. The average Bonchev–Trinajstić information content (AvgIpc) is 2.80. The average molecular weight is 563 g/mol. The summed E-state index contributed by atoms with van der Waals surface area (Å²) in [7, 11) is 6.96. The smallest absolute Gasteiger partial charge is 0.253 e. The van der Waals surface area contributed by atoms with Gasteiger partial charge < -0.3 is 20.4 Å². The largest absolute Gasteiger partial charge is 0.353 e. The second-order valence-corrected chi connectivity index (χ2v) is 8.56. The number of aliphatic imine (C=N–C) groups is 1. The molecule has 0 aromatic heterocycles. The molecule has 1 aliphatic rings. The van der Waals surface area contributed by atoms with E-state index in [1.165, 1.54) is 11.1 Å². The van der Waals surface area contributed by atoms with Gasteiger partial charge in [0.2, 0.25) is 5.91 Å². The predicted molar refractivity (Wildman–Crippen MR) is 143 cm³/mol. The maximum absolute atomic E-state index is 12.1. The van der Waals surface area contributed by atoms with Crippen molar-refractivity contribution in [3.63, 3.8) is 0 Å². The zero-order valence-corrected chi connectivity index (χ0v) is 22.1. The fourth-order valence-corrected chi connectivity index (χ4v) is 3.67. The van der Waals surface area contributed by atoms with Gasteiger partial charge in [-0.15, -0.1) is 24.0 Å². The molecule has 0 fully saturated rings. The van der Waals surface area contributed by atoms with Gasteiger partial charge in [0, 0.05) is 39.8 Å². The molecule has 7 nitrogen and oxygen atoms in total. The van der Waals surface area contributed by atoms with E-state index in [1.54, 1.807) is 38.0 Å². The molecule has 1 aliphatic carbocycles. The fraction of sp³-hybridized carbons (Fsp3) is 0.400. The number of halogens is 1. The number of carbonyl (C=O) groups is 2. The van der Waals surface area contributed by atoms with Gasteiger partial charge in [0.1, 0.15) is 0 Å². The molecule has 0 aliphatic heterocycles. The molecule has 2 aromatic carbocycles. The van der Waals surface area contributed by atoms with Crippen LogP contribution in [0.2, 0.25) is 0 Å². The highest BCUT2D eigenvalue weighted by Gasteiger charge is 2.19. The lowest BCUT2D eigenvalue weighted by Crippen LogP contribution is -2.48. The number of nitrogens with one attached hydrogen (secondary N) is 2. The van der Waals surface area contributed by atoms with Crippen molar-refractivity contribution >= 4 is 41.8 Å². The molecule has 33 heavy (non-hydrogen) atoms. The summed E-state index contributed by atoms with van der Waals surface area (Å²) >= 11 is 0. The molecule has 0 radical (unpaired) electrons. The molecule has 2 N–H and O–H groups in total. The van der Waals surface area contributed by atoms with Gasteiger partial charge in [0.15, 0.2) is 5.96 Å². The fourth-order valence-electron chi connectivity index (χ4n) is 3.67. The van der Waals surface area contributed by atoms with Gasteiger partial charge >= 0.3 is 0 Å². The van der Waals surface area contributed by atoms with E-state index in [0.717, 1.165) is 24.8 Å². The molecule has 2 aromatic rings. The maximum atomic E-state index is 12.1. The maximum Gasteiger partial charge on any atom is 0.253 e. The first-order valence-corrected chi connectivity index (χ1v) is 11.0. The van der Waals surface area contributed by atoms with Crippen molar-refractivity contribution in [3.8, 4) is 0 Å². The lowest BCUT2D eigenvalue weighted by molar-refractivity contribution is -0.127. The van der Waals surface area contributed by atoms with E-state index in [2.05, 4.69) is 34.9 Å². The molecule has 3 rings (SSSR count). The topological polar surface area (TPSA) is 77.0 Å². The summed E-state index contributed by atoms with van der Waals surface area (Å²) < 4.78 is 0. The van der Waals surface area contributed by atoms with Crippen LogP contribution in [-0.4, -0.2) is 68.4 Å². The van der Waals surface area contributed by atoms with E-state index in [1.807, 2.05) is 24.3 Å². The summed E-state index contributed by atoms with van der Waals surface area (Å²) in [5, 5.41) is 6.69. The van der Waals surface area contributed by atoms with Crippen molar-refractivity contribution in [1.29, 1.82) is 0 Å². The van der Waals surface area contributed by atoms with Crippen LogP contribution in [0.5, 0.6) is 0 Å². The van der Waals surface area contributed by atoms with Crippen LogP contribution in [0.3, 0.4) is 0 Å². The van der Waals surface area contributed by atoms with Crippen LogP contribution >= 0.6 is 24.0 Å². The summed E-state index contributed by atoms with van der Waals surface area (Å²) in [6, 6.07) is 16.3. The third-order valence-corrected chi connectivity index (χ3v) is 5.62. The van der Waals surface area contributed by atoms with Crippen LogP contribution < -0.4 is 10.6 Å². The molecule has 8 heteroatoms. The van der Waals surface area contributed by atoms with Crippen molar-refractivity contribution in [2.24, 2.45) is 4.99 Å². The van der Waals surface area contributed by atoms with E-state index in [4.69, 9.17) is 4.99 Å². The second-order valence-electron chi connectivity index (χ2n) is 8.56. The van der Waals surface area contributed by atoms with Crippen LogP contribution in [0.15, 0.2) is 53.5 Å². The minimum absolute atomic E-state index is 0. The zero-order valence-electron chi connectivity index (χ0n) is 19.8. The Hall–Kier alpha value is -2.62. The third-order valence-electron chi connectivity index (χ3n) is 5.62. The number of aryl methyl sites for hydroxylation is 1. The van der Waals surface area contributed by atoms with Gasteiger partial charge in [-0.2, -0.15) is 0 Å². The Morgan fingerprint density at radius 2 is 1.64 bits per heavy atom. The van der Waals surface area contributed by atoms with Crippen LogP contribution in [0.25, 0.3) is 0 Å². The Morgan fingerprint density at radius 3 is 2.27 bits per heavy atom. The number of carbonyl (C=O) groups excluding carboxylic acids is 2. The van der Waals surface area contributed by atoms with Gasteiger partial charge in [0.05, 0.1) is 13.1 Å². The summed E-state index contributed by atoms with van der Waals surface area (Å²) in [4.78, 5) is 32.0. The van der Waals surface area contributed by atoms with E-state index >= 15 is 0 Å². The highest BCUT2D eigenvalue weighted by molar-refractivity contribution is 14.0. The zero-order chi connectivity index (χ0) is 23.1. The Morgan fingerprint density at radius 1 is 0.970 bits per heavy atom. The Bertz CT molecular complexity index is 973. The van der Waals surface area contributed by atoms with Crippen molar-refractivity contribution < 1.29 is 9.59 Å². The molecule has 0 heterocycles. The molecule has 1 atom stereocenters. The first-order chi connectivity index (χ1) is 15.3. The van der Waals surface area contributed by atoms with Crippen molar-refractivity contribution in [2.45, 2.75) is 31.8 Å². The summed E-state index contributed by atoms with van der Waals surface area (Å²) in [6.07, 6.45) is 2.97. The standard InChI is InChI=1S/C25H33N5O2.HI/c1-29(2)23(31)17-27-25(28-22-14-13-19-7-5-6-8-21(19)15-22)26-16-18-9-11-20(12-10-18)24(32)30(3)4;/h5-12,22H,13-17H2,1-4H3,(H2,26,27,28);1H. The van der Waals surface area contributed by atoms with E-state index in [-0.39, 0.29) is 48.4 Å². The predicted octanol–water partition coefficient (Wildman–Crippen LogP) is 2.69. The SMILES string of the molecule is CN(C)C(=O)CNC(=NCc1ccc(C(=O)N(C)C)cc1)NC1CCc2ccccc2C1.I. The number of likely N-dealkylation sites (N-methyl/N-ethyl adjacent to an activating group) is 1. The molecule has 0 saturated carbocycles. The molecule has 0 spiro atoms. The quantitative estimate of drug-likeness (QED) is 0.322. The van der Waals surface area contributed by atoms with Crippen LogP contribution in [0, 0.1) is 0 Å².